The molecule has 0 aliphatic carbocycles. The molecule has 0 spiro atoms. The van der Waals surface area contributed by atoms with Gasteiger partial charge < -0.3 is 15.6 Å². The molecule has 5 heteroatoms. The van der Waals surface area contributed by atoms with Gasteiger partial charge in [-0.3, -0.25) is 0 Å². The van der Waals surface area contributed by atoms with Crippen molar-refractivity contribution in [3.05, 3.63) is 11.7 Å². The molecule has 0 amide bonds. The van der Waals surface area contributed by atoms with Crippen molar-refractivity contribution in [1.82, 2.24) is 15.5 Å². The smallest absolute Gasteiger partial charge is 0.227 e. The minimum atomic E-state index is 0.354. The lowest BCUT2D eigenvalue weighted by Crippen LogP contribution is -2.11. The van der Waals surface area contributed by atoms with E-state index in [1.165, 1.54) is 6.42 Å². The largest absolute Gasteiger partial charge is 0.339 e. The Hall–Kier alpha value is -0.940. The Morgan fingerprint density at radius 2 is 2.54 bits per heavy atom. The third-order valence-corrected chi connectivity index (χ3v) is 2.32. The molecule has 1 atom stereocenters. The fraction of sp³-hybridized carbons (Fsp3) is 0.750. The van der Waals surface area contributed by atoms with Crippen LogP contribution in [0.3, 0.4) is 0 Å². The normalized spacial score (nSPS) is 22.4. The molecule has 1 saturated heterocycles. The minimum Gasteiger partial charge on any atom is -0.339 e. The van der Waals surface area contributed by atoms with Crippen LogP contribution in [0, 0.1) is 5.92 Å². The first kappa shape index (κ1) is 8.65. The monoisotopic (exact) mass is 182 g/mol. The highest BCUT2D eigenvalue weighted by Crippen LogP contribution is 2.13. The van der Waals surface area contributed by atoms with Gasteiger partial charge in [0, 0.05) is 6.42 Å². The zero-order valence-corrected chi connectivity index (χ0v) is 7.49. The lowest BCUT2D eigenvalue weighted by molar-refractivity contribution is 0.353. The van der Waals surface area contributed by atoms with Crippen molar-refractivity contribution < 1.29 is 4.52 Å². The molecule has 2 rings (SSSR count). The van der Waals surface area contributed by atoms with E-state index in [1.807, 2.05) is 0 Å². The van der Waals surface area contributed by atoms with Gasteiger partial charge in [-0.1, -0.05) is 5.16 Å². The van der Waals surface area contributed by atoms with Crippen LogP contribution in [-0.2, 0) is 13.0 Å². The molecule has 0 bridgehead atoms. The van der Waals surface area contributed by atoms with Crippen LogP contribution in [0.1, 0.15) is 18.1 Å². The molecule has 0 radical (unpaired) electrons. The van der Waals surface area contributed by atoms with Crippen LogP contribution < -0.4 is 11.1 Å². The van der Waals surface area contributed by atoms with Crippen molar-refractivity contribution in [2.24, 2.45) is 11.7 Å². The second-order valence-corrected chi connectivity index (χ2v) is 3.37. The SMILES string of the molecule is NCc1noc(CC2CCNC2)n1. The molecule has 1 aromatic rings. The highest BCUT2D eigenvalue weighted by atomic mass is 16.5. The molecule has 1 unspecified atom stereocenters. The van der Waals surface area contributed by atoms with E-state index in [1.54, 1.807) is 0 Å². The van der Waals surface area contributed by atoms with E-state index >= 15 is 0 Å². The molecule has 1 fully saturated rings. The first-order valence-corrected chi connectivity index (χ1v) is 4.60. The van der Waals surface area contributed by atoms with Crippen molar-refractivity contribution >= 4 is 0 Å². The van der Waals surface area contributed by atoms with Gasteiger partial charge in [0.25, 0.3) is 0 Å². The number of nitrogens with two attached hydrogens (primary N) is 1. The van der Waals surface area contributed by atoms with E-state index in [9.17, 15) is 0 Å². The highest BCUT2D eigenvalue weighted by molar-refractivity contribution is 4.88. The predicted molar refractivity (Wildman–Crippen MR) is 46.9 cm³/mol. The Morgan fingerprint density at radius 1 is 1.62 bits per heavy atom. The summed E-state index contributed by atoms with van der Waals surface area (Å²) >= 11 is 0. The van der Waals surface area contributed by atoms with E-state index in [0.29, 0.717) is 24.2 Å². The number of nitrogens with one attached hydrogen (secondary N) is 1. The molecule has 3 N–H and O–H groups in total. The quantitative estimate of drug-likeness (QED) is 0.670. The summed E-state index contributed by atoms with van der Waals surface area (Å²) < 4.78 is 5.05. The number of rotatable bonds is 3. The van der Waals surface area contributed by atoms with Crippen molar-refractivity contribution in [2.45, 2.75) is 19.4 Å². The summed E-state index contributed by atoms with van der Waals surface area (Å²) in [5, 5.41) is 7.04. The van der Waals surface area contributed by atoms with Gasteiger partial charge >= 0.3 is 0 Å². The highest BCUT2D eigenvalue weighted by Gasteiger charge is 2.17. The van der Waals surface area contributed by atoms with Gasteiger partial charge in [-0.15, -0.1) is 0 Å². The van der Waals surface area contributed by atoms with Crippen LogP contribution in [0.25, 0.3) is 0 Å². The maximum Gasteiger partial charge on any atom is 0.227 e. The minimum absolute atomic E-state index is 0.354. The number of nitrogens with zero attached hydrogens (tertiary/aromatic N) is 2. The number of aromatic nitrogens is 2. The third kappa shape index (κ3) is 2.05. The van der Waals surface area contributed by atoms with Crippen LogP contribution >= 0.6 is 0 Å². The topological polar surface area (TPSA) is 77.0 Å². The second-order valence-electron chi connectivity index (χ2n) is 3.37. The fourth-order valence-electron chi connectivity index (χ4n) is 1.59. The Balaban J connectivity index is 1.92. The Labute approximate surface area is 76.7 Å². The molecule has 0 aromatic carbocycles. The third-order valence-electron chi connectivity index (χ3n) is 2.32. The van der Waals surface area contributed by atoms with Crippen LogP contribution in [0.5, 0.6) is 0 Å². The standard InChI is InChI=1S/C8H14N4O/c9-4-7-11-8(13-12-7)3-6-1-2-10-5-6/h6,10H,1-5,9H2. The van der Waals surface area contributed by atoms with Crippen LogP contribution in [0.4, 0.5) is 0 Å². The van der Waals surface area contributed by atoms with Crippen molar-refractivity contribution in [3.8, 4) is 0 Å². The average Bonchev–Trinajstić information content (AvgIpc) is 2.76. The molecule has 1 aliphatic rings. The predicted octanol–water partition coefficient (Wildman–Crippen LogP) is -0.320. The van der Waals surface area contributed by atoms with Gasteiger partial charge in [0.2, 0.25) is 5.89 Å². The molecule has 1 aliphatic heterocycles. The molecule has 72 valence electrons. The lowest BCUT2D eigenvalue weighted by atomic mass is 10.1. The van der Waals surface area contributed by atoms with E-state index in [4.69, 9.17) is 10.3 Å². The zero-order valence-electron chi connectivity index (χ0n) is 7.49. The maximum absolute atomic E-state index is 5.37. The summed E-state index contributed by atoms with van der Waals surface area (Å²) in [6.07, 6.45) is 2.07. The van der Waals surface area contributed by atoms with Crippen molar-refractivity contribution in [2.75, 3.05) is 13.1 Å². The maximum atomic E-state index is 5.37. The summed E-state index contributed by atoms with van der Waals surface area (Å²) in [6.45, 7) is 2.51. The van der Waals surface area contributed by atoms with Gasteiger partial charge in [-0.05, 0) is 25.4 Å². The molecular formula is C8H14N4O. The van der Waals surface area contributed by atoms with Crippen LogP contribution in [0.15, 0.2) is 4.52 Å². The van der Waals surface area contributed by atoms with Gasteiger partial charge in [-0.2, -0.15) is 4.98 Å². The van der Waals surface area contributed by atoms with Gasteiger partial charge in [0.05, 0.1) is 6.54 Å². The molecule has 0 saturated carbocycles. The first-order valence-electron chi connectivity index (χ1n) is 4.60. The zero-order chi connectivity index (χ0) is 9.10. The van der Waals surface area contributed by atoms with Gasteiger partial charge in [0.15, 0.2) is 5.82 Å². The summed E-state index contributed by atoms with van der Waals surface area (Å²) in [6, 6.07) is 0. The van der Waals surface area contributed by atoms with Crippen molar-refractivity contribution in [1.29, 1.82) is 0 Å². The Kier molecular flexibility index (Phi) is 2.56. The summed E-state index contributed by atoms with van der Waals surface area (Å²) in [4.78, 5) is 4.16. The second kappa shape index (κ2) is 3.85. The van der Waals surface area contributed by atoms with E-state index in [-0.39, 0.29) is 0 Å². The number of hydrogen-bond donors (Lipinski definition) is 2. The molecular weight excluding hydrogens is 168 g/mol. The summed E-state index contributed by atoms with van der Waals surface area (Å²) in [5.74, 6) is 1.96. The fourth-order valence-corrected chi connectivity index (χ4v) is 1.59. The van der Waals surface area contributed by atoms with E-state index in [0.717, 1.165) is 19.5 Å². The molecule has 13 heavy (non-hydrogen) atoms. The lowest BCUT2D eigenvalue weighted by Gasteiger charge is -2.01. The number of hydrogen-bond acceptors (Lipinski definition) is 5. The summed E-state index contributed by atoms with van der Waals surface area (Å²) in [7, 11) is 0. The van der Waals surface area contributed by atoms with Gasteiger partial charge in [-0.25, -0.2) is 0 Å². The van der Waals surface area contributed by atoms with E-state index in [2.05, 4.69) is 15.5 Å². The van der Waals surface area contributed by atoms with Crippen molar-refractivity contribution in [3.63, 3.8) is 0 Å². The van der Waals surface area contributed by atoms with Crippen LogP contribution in [-0.4, -0.2) is 23.2 Å². The summed E-state index contributed by atoms with van der Waals surface area (Å²) in [5.41, 5.74) is 5.37. The first-order chi connectivity index (χ1) is 6.38. The average molecular weight is 182 g/mol. The Bertz CT molecular complexity index is 267. The van der Waals surface area contributed by atoms with Gasteiger partial charge in [0.1, 0.15) is 0 Å². The molecule has 5 nitrogen and oxygen atoms in total. The molecule has 1 aromatic heterocycles. The molecule has 2 heterocycles. The Morgan fingerprint density at radius 3 is 3.15 bits per heavy atom. The van der Waals surface area contributed by atoms with E-state index < -0.39 is 0 Å². The van der Waals surface area contributed by atoms with Crippen LogP contribution in [0.2, 0.25) is 0 Å².